The molecule has 1 fully saturated rings. The van der Waals surface area contributed by atoms with Crippen molar-refractivity contribution in [2.75, 3.05) is 0 Å². The van der Waals surface area contributed by atoms with Crippen molar-refractivity contribution in [3.63, 3.8) is 0 Å². The average molecular weight is 202 g/mol. The molecule has 15 heavy (non-hydrogen) atoms. The Morgan fingerprint density at radius 1 is 1.33 bits per heavy atom. The second-order valence-electron chi connectivity index (χ2n) is 4.75. The number of aryl methyl sites for hydroxylation is 1. The minimum atomic E-state index is -0.593. The highest BCUT2D eigenvalue weighted by Gasteiger charge is 2.57. The summed E-state index contributed by atoms with van der Waals surface area (Å²) in [7, 11) is 0. The van der Waals surface area contributed by atoms with Crippen LogP contribution in [0.25, 0.3) is 0 Å². The molecule has 2 nitrogen and oxygen atoms in total. The summed E-state index contributed by atoms with van der Waals surface area (Å²) in [6.45, 7) is 0. The Morgan fingerprint density at radius 3 is 2.73 bits per heavy atom. The standard InChI is InChI=1S/C13H14O2/c14-12(15)13(7-8-13)11-6-5-9-3-1-2-4-10(9)11/h1-4,11H,5-8H2,(H,14,15). The van der Waals surface area contributed by atoms with E-state index in [0.29, 0.717) is 0 Å². The SMILES string of the molecule is O=C(O)C1(C2CCc3ccccc32)CC1. The molecule has 1 saturated carbocycles. The van der Waals surface area contributed by atoms with E-state index in [2.05, 4.69) is 12.1 Å². The minimum Gasteiger partial charge on any atom is -0.481 e. The monoisotopic (exact) mass is 202 g/mol. The van der Waals surface area contributed by atoms with Gasteiger partial charge in [0.15, 0.2) is 0 Å². The van der Waals surface area contributed by atoms with E-state index in [1.807, 2.05) is 12.1 Å². The molecular formula is C13H14O2. The first-order valence-corrected chi connectivity index (χ1v) is 5.55. The number of carbonyl (C=O) groups is 1. The highest BCUT2D eigenvalue weighted by atomic mass is 16.4. The summed E-state index contributed by atoms with van der Waals surface area (Å²) in [5.74, 6) is -0.324. The number of benzene rings is 1. The fourth-order valence-corrected chi connectivity index (χ4v) is 2.98. The molecule has 0 bridgehead atoms. The number of hydrogen-bond donors (Lipinski definition) is 1. The van der Waals surface area contributed by atoms with Gasteiger partial charge in [-0.3, -0.25) is 4.79 Å². The third kappa shape index (κ3) is 1.14. The summed E-state index contributed by atoms with van der Waals surface area (Å²) in [6.07, 6.45) is 3.80. The number of carboxylic acid groups (broad SMARTS) is 1. The van der Waals surface area contributed by atoms with Crippen LogP contribution in [0, 0.1) is 5.41 Å². The largest absolute Gasteiger partial charge is 0.481 e. The van der Waals surface area contributed by atoms with Crippen molar-refractivity contribution in [1.82, 2.24) is 0 Å². The minimum absolute atomic E-state index is 0.270. The van der Waals surface area contributed by atoms with Crippen LogP contribution >= 0.6 is 0 Å². The summed E-state index contributed by atoms with van der Waals surface area (Å²) in [5.41, 5.74) is 2.24. The third-order valence-corrected chi connectivity index (χ3v) is 4.01. The molecule has 1 unspecified atom stereocenters. The van der Waals surface area contributed by atoms with Crippen LogP contribution in [-0.4, -0.2) is 11.1 Å². The molecule has 0 aromatic heterocycles. The van der Waals surface area contributed by atoms with Gasteiger partial charge in [0.05, 0.1) is 5.41 Å². The van der Waals surface area contributed by atoms with Gasteiger partial charge in [-0.1, -0.05) is 24.3 Å². The van der Waals surface area contributed by atoms with Crippen molar-refractivity contribution in [2.24, 2.45) is 5.41 Å². The van der Waals surface area contributed by atoms with Gasteiger partial charge in [0.2, 0.25) is 0 Å². The lowest BCUT2D eigenvalue weighted by Gasteiger charge is -2.19. The third-order valence-electron chi connectivity index (χ3n) is 4.01. The molecule has 0 amide bonds. The van der Waals surface area contributed by atoms with E-state index in [4.69, 9.17) is 0 Å². The van der Waals surface area contributed by atoms with Gasteiger partial charge in [-0.25, -0.2) is 0 Å². The maximum absolute atomic E-state index is 11.3. The van der Waals surface area contributed by atoms with Gasteiger partial charge in [0.1, 0.15) is 0 Å². The van der Waals surface area contributed by atoms with Crippen molar-refractivity contribution in [3.8, 4) is 0 Å². The lowest BCUT2D eigenvalue weighted by atomic mass is 9.84. The predicted molar refractivity (Wildman–Crippen MR) is 56.8 cm³/mol. The molecular weight excluding hydrogens is 188 g/mol. The molecule has 2 heteroatoms. The van der Waals surface area contributed by atoms with Gasteiger partial charge >= 0.3 is 5.97 Å². The zero-order valence-corrected chi connectivity index (χ0v) is 8.57. The van der Waals surface area contributed by atoms with Crippen molar-refractivity contribution < 1.29 is 9.90 Å². The van der Waals surface area contributed by atoms with Crippen molar-refractivity contribution in [1.29, 1.82) is 0 Å². The highest BCUT2D eigenvalue weighted by molar-refractivity contribution is 5.79. The van der Waals surface area contributed by atoms with E-state index in [0.717, 1.165) is 25.7 Å². The van der Waals surface area contributed by atoms with Crippen LogP contribution in [-0.2, 0) is 11.2 Å². The van der Waals surface area contributed by atoms with Gasteiger partial charge in [0, 0.05) is 5.92 Å². The highest BCUT2D eigenvalue weighted by Crippen LogP contribution is 2.60. The first-order valence-electron chi connectivity index (χ1n) is 5.55. The molecule has 1 N–H and O–H groups in total. The van der Waals surface area contributed by atoms with E-state index < -0.39 is 11.4 Å². The van der Waals surface area contributed by atoms with Crippen LogP contribution in [0.2, 0.25) is 0 Å². The summed E-state index contributed by atoms with van der Waals surface area (Å²) < 4.78 is 0. The van der Waals surface area contributed by atoms with Crippen molar-refractivity contribution in [3.05, 3.63) is 35.4 Å². The lowest BCUT2D eigenvalue weighted by molar-refractivity contribution is -0.144. The Bertz CT molecular complexity index is 418. The molecule has 1 atom stereocenters. The van der Waals surface area contributed by atoms with Crippen LogP contribution in [0.4, 0.5) is 0 Å². The topological polar surface area (TPSA) is 37.3 Å². The number of fused-ring (bicyclic) bond motifs is 1. The summed E-state index contributed by atoms with van der Waals surface area (Å²) in [4.78, 5) is 11.3. The fourth-order valence-electron chi connectivity index (χ4n) is 2.98. The van der Waals surface area contributed by atoms with Crippen molar-refractivity contribution >= 4 is 5.97 Å². The van der Waals surface area contributed by atoms with Crippen LogP contribution < -0.4 is 0 Å². The molecule has 2 aliphatic rings. The summed E-state index contributed by atoms with van der Waals surface area (Å²) in [6, 6.07) is 8.31. The molecule has 0 aliphatic heterocycles. The predicted octanol–water partition coefficient (Wildman–Crippen LogP) is 2.58. The van der Waals surface area contributed by atoms with E-state index in [9.17, 15) is 9.90 Å². The molecule has 0 radical (unpaired) electrons. The molecule has 0 heterocycles. The molecule has 0 saturated heterocycles. The Kier molecular flexibility index (Phi) is 1.70. The maximum atomic E-state index is 11.3. The van der Waals surface area contributed by atoms with Crippen LogP contribution in [0.15, 0.2) is 24.3 Å². The second-order valence-corrected chi connectivity index (χ2v) is 4.75. The van der Waals surface area contributed by atoms with Crippen molar-refractivity contribution in [2.45, 2.75) is 31.6 Å². The maximum Gasteiger partial charge on any atom is 0.310 e. The Morgan fingerprint density at radius 2 is 2.07 bits per heavy atom. The number of hydrogen-bond acceptors (Lipinski definition) is 1. The first kappa shape index (κ1) is 8.96. The molecule has 0 spiro atoms. The fraction of sp³-hybridized carbons (Fsp3) is 0.462. The normalized spacial score (nSPS) is 26.0. The van der Waals surface area contributed by atoms with Gasteiger partial charge in [-0.15, -0.1) is 0 Å². The zero-order chi connectivity index (χ0) is 10.5. The van der Waals surface area contributed by atoms with Gasteiger partial charge < -0.3 is 5.11 Å². The van der Waals surface area contributed by atoms with E-state index in [-0.39, 0.29) is 5.92 Å². The van der Waals surface area contributed by atoms with E-state index >= 15 is 0 Å². The van der Waals surface area contributed by atoms with E-state index in [1.165, 1.54) is 11.1 Å². The number of rotatable bonds is 2. The van der Waals surface area contributed by atoms with E-state index in [1.54, 1.807) is 0 Å². The Balaban J connectivity index is 2.01. The average Bonchev–Trinajstić information content (AvgIpc) is 2.93. The summed E-state index contributed by atoms with van der Waals surface area (Å²) >= 11 is 0. The van der Waals surface area contributed by atoms with Gasteiger partial charge in [-0.2, -0.15) is 0 Å². The first-order chi connectivity index (χ1) is 7.24. The van der Waals surface area contributed by atoms with Crippen LogP contribution in [0.1, 0.15) is 36.3 Å². The number of carboxylic acids is 1. The molecule has 3 rings (SSSR count). The second kappa shape index (κ2) is 2.84. The summed E-state index contributed by atoms with van der Waals surface area (Å²) in [5, 5.41) is 9.29. The van der Waals surface area contributed by atoms with Crippen LogP contribution in [0.3, 0.4) is 0 Å². The Hall–Kier alpha value is -1.31. The quantitative estimate of drug-likeness (QED) is 0.800. The number of aliphatic carboxylic acids is 1. The molecule has 2 aliphatic carbocycles. The zero-order valence-electron chi connectivity index (χ0n) is 8.57. The van der Waals surface area contributed by atoms with Crippen LogP contribution in [0.5, 0.6) is 0 Å². The van der Waals surface area contributed by atoms with Gasteiger partial charge in [-0.05, 0) is 36.8 Å². The Labute approximate surface area is 88.9 Å². The lowest BCUT2D eigenvalue weighted by Crippen LogP contribution is -2.22. The molecule has 1 aromatic carbocycles. The molecule has 1 aromatic rings. The smallest absolute Gasteiger partial charge is 0.310 e. The molecule has 78 valence electrons. The van der Waals surface area contributed by atoms with Gasteiger partial charge in [0.25, 0.3) is 0 Å².